The number of hydrogen-bond donors (Lipinski definition) is 0. The third-order valence-electron chi connectivity index (χ3n) is 4.80. The van der Waals surface area contributed by atoms with Gasteiger partial charge in [-0.1, -0.05) is 0 Å². The van der Waals surface area contributed by atoms with Gasteiger partial charge in [-0.15, -0.1) is 0 Å². The fourth-order valence-electron chi connectivity index (χ4n) is 3.19. The first-order valence-electron chi connectivity index (χ1n) is 10.0. The molecule has 0 radical (unpaired) electrons. The molecule has 9 nitrogen and oxygen atoms in total. The summed E-state index contributed by atoms with van der Waals surface area (Å²) >= 11 is 0. The first-order chi connectivity index (χ1) is 14.5. The maximum absolute atomic E-state index is 12.6. The van der Waals surface area contributed by atoms with Gasteiger partial charge in [-0.3, -0.25) is 14.2 Å². The normalized spacial score (nSPS) is 13.8. The largest absolute Gasteiger partial charge is 0.494 e. The molecule has 1 aromatic heterocycles. The van der Waals surface area contributed by atoms with Crippen molar-refractivity contribution in [1.29, 1.82) is 0 Å². The zero-order valence-corrected chi connectivity index (χ0v) is 17.2. The van der Waals surface area contributed by atoms with Crippen LogP contribution in [0.2, 0.25) is 0 Å². The molecule has 0 bridgehead atoms. The molecule has 1 saturated heterocycles. The molecule has 1 fully saturated rings. The van der Waals surface area contributed by atoms with Gasteiger partial charge in [-0.2, -0.15) is 0 Å². The third kappa shape index (κ3) is 5.16. The smallest absolute Gasteiger partial charge is 0.409 e. The van der Waals surface area contributed by atoms with Crippen molar-refractivity contribution < 1.29 is 19.1 Å². The lowest BCUT2D eigenvalue weighted by Crippen LogP contribution is -2.51. The van der Waals surface area contributed by atoms with Crippen LogP contribution in [0.5, 0.6) is 5.75 Å². The van der Waals surface area contributed by atoms with E-state index in [0.717, 1.165) is 11.3 Å². The number of amides is 2. The summed E-state index contributed by atoms with van der Waals surface area (Å²) in [5.41, 5.74) is 1.03. The Bertz CT molecular complexity index is 933. The molecule has 9 heteroatoms. The van der Waals surface area contributed by atoms with Gasteiger partial charge in [-0.05, 0) is 38.1 Å². The van der Waals surface area contributed by atoms with Crippen LogP contribution in [0.15, 0.2) is 41.5 Å². The van der Waals surface area contributed by atoms with Crippen LogP contribution in [0, 0.1) is 0 Å². The molecule has 0 N–H and O–H groups in total. The summed E-state index contributed by atoms with van der Waals surface area (Å²) < 4.78 is 11.7. The van der Waals surface area contributed by atoms with Crippen molar-refractivity contribution >= 4 is 12.0 Å². The maximum Gasteiger partial charge on any atom is 0.409 e. The molecule has 0 atom stereocenters. The van der Waals surface area contributed by atoms with Crippen molar-refractivity contribution in [3.05, 3.63) is 47.0 Å². The van der Waals surface area contributed by atoms with Gasteiger partial charge in [0, 0.05) is 37.8 Å². The molecule has 0 saturated carbocycles. The fraction of sp³-hybridized carbons (Fsp3) is 0.429. The molecule has 0 unspecified atom stereocenters. The summed E-state index contributed by atoms with van der Waals surface area (Å²) in [6.07, 6.45) is 1.02. The van der Waals surface area contributed by atoms with Gasteiger partial charge < -0.3 is 19.3 Å². The number of carbonyl (C=O) groups excluding carboxylic acids is 2. The van der Waals surface area contributed by atoms with Crippen LogP contribution < -0.4 is 10.3 Å². The minimum Gasteiger partial charge on any atom is -0.494 e. The van der Waals surface area contributed by atoms with E-state index in [2.05, 4.69) is 4.98 Å². The lowest BCUT2D eigenvalue weighted by atomic mass is 10.1. The van der Waals surface area contributed by atoms with Crippen LogP contribution in [-0.2, 0) is 16.1 Å². The molecular formula is C21H26N4O5. The first-order valence-corrected chi connectivity index (χ1v) is 10.0. The SMILES string of the molecule is CCOC(=O)N1CCN(C(=O)Cn2cnc(-c3ccc(OCC)cc3)cc2=O)CC1. The second-order valence-corrected chi connectivity index (χ2v) is 6.76. The van der Waals surface area contributed by atoms with Crippen LogP contribution >= 0.6 is 0 Å². The van der Waals surface area contributed by atoms with Crippen LogP contribution in [0.25, 0.3) is 11.3 Å². The van der Waals surface area contributed by atoms with E-state index in [1.807, 2.05) is 31.2 Å². The lowest BCUT2D eigenvalue weighted by molar-refractivity contribution is -0.133. The number of ether oxygens (including phenoxy) is 2. The molecule has 1 aliphatic rings. The molecule has 2 aromatic rings. The van der Waals surface area contributed by atoms with E-state index in [1.54, 1.807) is 16.7 Å². The highest BCUT2D eigenvalue weighted by Crippen LogP contribution is 2.19. The average Bonchev–Trinajstić information content (AvgIpc) is 2.76. The Labute approximate surface area is 174 Å². The number of aromatic nitrogens is 2. The van der Waals surface area contributed by atoms with Gasteiger partial charge >= 0.3 is 6.09 Å². The minimum absolute atomic E-state index is 0.0885. The minimum atomic E-state index is -0.366. The van der Waals surface area contributed by atoms with Crippen molar-refractivity contribution in [3.63, 3.8) is 0 Å². The van der Waals surface area contributed by atoms with Crippen molar-refractivity contribution in [1.82, 2.24) is 19.4 Å². The quantitative estimate of drug-likeness (QED) is 0.713. The van der Waals surface area contributed by atoms with E-state index in [0.29, 0.717) is 45.1 Å². The molecule has 0 aliphatic carbocycles. The van der Waals surface area contributed by atoms with E-state index < -0.39 is 0 Å². The maximum atomic E-state index is 12.6. The highest BCUT2D eigenvalue weighted by molar-refractivity contribution is 5.76. The zero-order valence-electron chi connectivity index (χ0n) is 17.2. The molecule has 2 amide bonds. The molecule has 0 spiro atoms. The van der Waals surface area contributed by atoms with E-state index in [4.69, 9.17) is 9.47 Å². The second-order valence-electron chi connectivity index (χ2n) is 6.76. The van der Waals surface area contributed by atoms with E-state index >= 15 is 0 Å². The Morgan fingerprint density at radius 3 is 2.27 bits per heavy atom. The lowest BCUT2D eigenvalue weighted by Gasteiger charge is -2.34. The number of benzene rings is 1. The molecule has 1 aliphatic heterocycles. The Morgan fingerprint density at radius 1 is 1.00 bits per heavy atom. The zero-order chi connectivity index (χ0) is 21.5. The molecule has 160 valence electrons. The van der Waals surface area contributed by atoms with E-state index in [-0.39, 0.29) is 24.1 Å². The summed E-state index contributed by atoms with van der Waals surface area (Å²) in [5.74, 6) is 0.569. The van der Waals surface area contributed by atoms with Crippen molar-refractivity contribution in [2.75, 3.05) is 39.4 Å². The predicted molar refractivity (Wildman–Crippen MR) is 110 cm³/mol. The second kappa shape index (κ2) is 9.91. The van der Waals surface area contributed by atoms with Crippen LogP contribution in [-0.4, -0.2) is 70.7 Å². The first kappa shape index (κ1) is 21.4. The van der Waals surface area contributed by atoms with Gasteiger partial charge in [-0.25, -0.2) is 9.78 Å². The van der Waals surface area contributed by atoms with Crippen molar-refractivity contribution in [2.24, 2.45) is 0 Å². The van der Waals surface area contributed by atoms with Crippen molar-refractivity contribution in [2.45, 2.75) is 20.4 Å². The predicted octanol–water partition coefficient (Wildman–Crippen LogP) is 1.61. The van der Waals surface area contributed by atoms with Crippen LogP contribution in [0.4, 0.5) is 4.79 Å². The van der Waals surface area contributed by atoms with Crippen molar-refractivity contribution in [3.8, 4) is 17.0 Å². The number of carbonyl (C=O) groups is 2. The number of hydrogen-bond acceptors (Lipinski definition) is 6. The number of nitrogens with zero attached hydrogens (tertiary/aromatic N) is 4. The van der Waals surface area contributed by atoms with E-state index in [9.17, 15) is 14.4 Å². The van der Waals surface area contributed by atoms with Gasteiger partial charge in [0.25, 0.3) is 5.56 Å². The Morgan fingerprint density at radius 2 is 1.67 bits per heavy atom. The third-order valence-corrected chi connectivity index (χ3v) is 4.80. The van der Waals surface area contributed by atoms with Gasteiger partial charge in [0.1, 0.15) is 12.3 Å². The summed E-state index contributed by atoms with van der Waals surface area (Å²) in [6.45, 7) is 6.12. The highest BCUT2D eigenvalue weighted by Gasteiger charge is 2.25. The monoisotopic (exact) mass is 414 g/mol. The van der Waals surface area contributed by atoms with Crippen LogP contribution in [0.3, 0.4) is 0 Å². The van der Waals surface area contributed by atoms with Gasteiger partial charge in [0.2, 0.25) is 5.91 Å². The molecule has 2 heterocycles. The Kier molecular flexibility index (Phi) is 7.05. The summed E-state index contributed by atoms with van der Waals surface area (Å²) in [4.78, 5) is 44.3. The number of rotatable bonds is 6. The average molecular weight is 414 g/mol. The molecular weight excluding hydrogens is 388 g/mol. The number of piperazine rings is 1. The summed E-state index contributed by atoms with van der Waals surface area (Å²) in [7, 11) is 0. The van der Waals surface area contributed by atoms with Crippen LogP contribution in [0.1, 0.15) is 13.8 Å². The van der Waals surface area contributed by atoms with Gasteiger partial charge in [0.15, 0.2) is 0 Å². The standard InChI is InChI=1S/C21H26N4O5/c1-3-29-17-7-5-16(6-8-17)18-13-19(26)25(15-22-18)14-20(27)23-9-11-24(12-10-23)21(28)30-4-2/h5-8,13,15H,3-4,9-12,14H2,1-2H3. The van der Waals surface area contributed by atoms with Gasteiger partial charge in [0.05, 0.1) is 25.2 Å². The highest BCUT2D eigenvalue weighted by atomic mass is 16.6. The molecule has 3 rings (SSSR count). The Hall–Kier alpha value is -3.36. The molecule has 30 heavy (non-hydrogen) atoms. The summed E-state index contributed by atoms with van der Waals surface area (Å²) in [6, 6.07) is 8.75. The topological polar surface area (TPSA) is 94.0 Å². The van der Waals surface area contributed by atoms with E-state index in [1.165, 1.54) is 17.0 Å². The fourth-order valence-corrected chi connectivity index (χ4v) is 3.19. The Balaban J connectivity index is 1.60. The molecule has 1 aromatic carbocycles. The summed E-state index contributed by atoms with van der Waals surface area (Å²) in [5, 5.41) is 0.